The highest BCUT2D eigenvalue weighted by molar-refractivity contribution is 9.10. The number of rotatable bonds is 5. The molecular weight excluding hydrogens is 358 g/mol. The molecule has 0 radical (unpaired) electrons. The fraction of sp³-hybridized carbons (Fsp3) is 0.529. The normalized spacial score (nSPS) is 15.5. The lowest BCUT2D eigenvalue weighted by molar-refractivity contribution is 0.0634. The molecule has 1 amide bonds. The standard InChI is InChI=1S/C17H22BrN3O2/c1-13(2)23-16-5-4-14(18)12-15(16)17(22)21-10-8-20(9-11-21)7-3-6-19/h4-5,12-13H,3,7-11H2,1-2H3. The van der Waals surface area contributed by atoms with Crippen LogP contribution in [0.15, 0.2) is 22.7 Å². The van der Waals surface area contributed by atoms with Crippen molar-refractivity contribution in [2.75, 3.05) is 32.7 Å². The van der Waals surface area contributed by atoms with Crippen LogP contribution in [0, 0.1) is 11.3 Å². The molecule has 124 valence electrons. The van der Waals surface area contributed by atoms with Gasteiger partial charge in [-0.1, -0.05) is 15.9 Å². The van der Waals surface area contributed by atoms with E-state index < -0.39 is 0 Å². The first-order valence-corrected chi connectivity index (χ1v) is 8.65. The summed E-state index contributed by atoms with van der Waals surface area (Å²) in [5, 5.41) is 8.65. The minimum atomic E-state index is 0.00174. The van der Waals surface area contributed by atoms with Gasteiger partial charge in [-0.15, -0.1) is 0 Å². The summed E-state index contributed by atoms with van der Waals surface area (Å²) >= 11 is 3.43. The van der Waals surface area contributed by atoms with E-state index in [0.717, 1.165) is 24.1 Å². The lowest BCUT2D eigenvalue weighted by atomic mass is 10.1. The molecule has 0 aliphatic carbocycles. The number of hydrogen-bond donors (Lipinski definition) is 0. The second-order valence-corrected chi connectivity index (χ2v) is 6.76. The van der Waals surface area contributed by atoms with Gasteiger partial charge in [0.05, 0.1) is 17.7 Å². The molecule has 0 aromatic heterocycles. The van der Waals surface area contributed by atoms with Crippen LogP contribution in [0.3, 0.4) is 0 Å². The number of carbonyl (C=O) groups is 1. The Hall–Kier alpha value is -1.58. The van der Waals surface area contributed by atoms with E-state index in [0.29, 0.717) is 30.8 Å². The Morgan fingerprint density at radius 2 is 2.04 bits per heavy atom. The summed E-state index contributed by atoms with van der Waals surface area (Å²) in [4.78, 5) is 16.9. The van der Waals surface area contributed by atoms with Crippen LogP contribution in [-0.2, 0) is 0 Å². The smallest absolute Gasteiger partial charge is 0.257 e. The number of nitriles is 1. The van der Waals surface area contributed by atoms with Crippen molar-refractivity contribution >= 4 is 21.8 Å². The lowest BCUT2D eigenvalue weighted by Crippen LogP contribution is -2.48. The van der Waals surface area contributed by atoms with Gasteiger partial charge in [0, 0.05) is 43.6 Å². The van der Waals surface area contributed by atoms with Gasteiger partial charge in [-0.05, 0) is 32.0 Å². The quantitative estimate of drug-likeness (QED) is 0.788. The third-order valence-corrected chi connectivity index (χ3v) is 4.23. The van der Waals surface area contributed by atoms with Crippen molar-refractivity contribution in [3.63, 3.8) is 0 Å². The zero-order valence-corrected chi connectivity index (χ0v) is 15.2. The largest absolute Gasteiger partial charge is 0.490 e. The molecule has 0 bridgehead atoms. The van der Waals surface area contributed by atoms with Crippen LogP contribution >= 0.6 is 15.9 Å². The van der Waals surface area contributed by atoms with Crippen LogP contribution in [0.5, 0.6) is 5.75 Å². The van der Waals surface area contributed by atoms with Crippen molar-refractivity contribution in [3.8, 4) is 11.8 Å². The Balaban J connectivity index is 2.06. The van der Waals surface area contributed by atoms with E-state index in [4.69, 9.17) is 10.00 Å². The third-order valence-electron chi connectivity index (χ3n) is 3.73. The maximum atomic E-state index is 12.8. The average Bonchev–Trinajstić information content (AvgIpc) is 2.54. The van der Waals surface area contributed by atoms with Crippen molar-refractivity contribution in [1.82, 2.24) is 9.80 Å². The van der Waals surface area contributed by atoms with Gasteiger partial charge < -0.3 is 9.64 Å². The Morgan fingerprint density at radius 1 is 1.35 bits per heavy atom. The molecule has 1 heterocycles. The van der Waals surface area contributed by atoms with E-state index in [2.05, 4.69) is 26.9 Å². The Labute approximate surface area is 145 Å². The molecule has 0 spiro atoms. The summed E-state index contributed by atoms with van der Waals surface area (Å²) < 4.78 is 6.64. The van der Waals surface area contributed by atoms with Crippen LogP contribution in [0.1, 0.15) is 30.6 Å². The van der Waals surface area contributed by atoms with Crippen molar-refractivity contribution in [1.29, 1.82) is 5.26 Å². The average molecular weight is 380 g/mol. The molecule has 1 saturated heterocycles. The third kappa shape index (κ3) is 4.95. The molecule has 1 aliphatic heterocycles. The van der Waals surface area contributed by atoms with Crippen LogP contribution < -0.4 is 4.74 Å². The van der Waals surface area contributed by atoms with Crippen LogP contribution in [0.2, 0.25) is 0 Å². The topological polar surface area (TPSA) is 56.6 Å². The molecule has 1 aromatic carbocycles. The zero-order valence-electron chi connectivity index (χ0n) is 13.6. The number of amides is 1. The van der Waals surface area contributed by atoms with Crippen molar-refractivity contribution < 1.29 is 9.53 Å². The molecule has 1 aliphatic rings. The van der Waals surface area contributed by atoms with Gasteiger partial charge in [-0.2, -0.15) is 5.26 Å². The number of halogens is 1. The first kappa shape index (κ1) is 17.8. The Kier molecular flexibility index (Phi) is 6.43. The first-order chi connectivity index (χ1) is 11.0. The molecule has 0 unspecified atom stereocenters. The molecule has 1 aromatic rings. The fourth-order valence-electron chi connectivity index (χ4n) is 2.58. The molecule has 0 atom stereocenters. The predicted molar refractivity (Wildman–Crippen MR) is 92.5 cm³/mol. The first-order valence-electron chi connectivity index (χ1n) is 7.86. The Morgan fingerprint density at radius 3 is 2.65 bits per heavy atom. The summed E-state index contributed by atoms with van der Waals surface area (Å²) in [6.07, 6.45) is 0.553. The summed E-state index contributed by atoms with van der Waals surface area (Å²) in [5.74, 6) is 0.627. The number of carbonyl (C=O) groups excluding carboxylic acids is 1. The number of nitrogens with zero attached hydrogens (tertiary/aromatic N) is 3. The molecule has 1 fully saturated rings. The molecular formula is C17H22BrN3O2. The van der Waals surface area contributed by atoms with Crippen molar-refractivity contribution in [2.45, 2.75) is 26.4 Å². The van der Waals surface area contributed by atoms with Gasteiger partial charge in [-0.25, -0.2) is 0 Å². The second kappa shape index (κ2) is 8.32. The van der Waals surface area contributed by atoms with Gasteiger partial charge in [0.25, 0.3) is 5.91 Å². The Bertz CT molecular complexity index is 590. The van der Waals surface area contributed by atoms with E-state index in [9.17, 15) is 4.79 Å². The van der Waals surface area contributed by atoms with Crippen molar-refractivity contribution in [2.24, 2.45) is 0 Å². The molecule has 5 nitrogen and oxygen atoms in total. The highest BCUT2D eigenvalue weighted by Crippen LogP contribution is 2.26. The summed E-state index contributed by atoms with van der Waals surface area (Å²) in [6.45, 7) is 7.64. The van der Waals surface area contributed by atoms with Crippen LogP contribution in [0.25, 0.3) is 0 Å². The van der Waals surface area contributed by atoms with E-state index >= 15 is 0 Å². The zero-order chi connectivity index (χ0) is 16.8. The fourth-order valence-corrected chi connectivity index (χ4v) is 2.94. The van der Waals surface area contributed by atoms with E-state index in [1.165, 1.54) is 0 Å². The lowest BCUT2D eigenvalue weighted by Gasteiger charge is -2.34. The van der Waals surface area contributed by atoms with Gasteiger partial charge in [-0.3, -0.25) is 9.69 Å². The number of benzene rings is 1. The minimum Gasteiger partial charge on any atom is -0.490 e. The van der Waals surface area contributed by atoms with Crippen LogP contribution in [-0.4, -0.2) is 54.5 Å². The summed E-state index contributed by atoms with van der Waals surface area (Å²) in [6, 6.07) is 7.70. The van der Waals surface area contributed by atoms with Gasteiger partial charge in [0.2, 0.25) is 0 Å². The SMILES string of the molecule is CC(C)Oc1ccc(Br)cc1C(=O)N1CCN(CCC#N)CC1. The molecule has 23 heavy (non-hydrogen) atoms. The predicted octanol–water partition coefficient (Wildman–Crippen LogP) is 2.91. The molecule has 6 heteroatoms. The maximum absolute atomic E-state index is 12.8. The van der Waals surface area contributed by atoms with Gasteiger partial charge in [0.15, 0.2) is 0 Å². The maximum Gasteiger partial charge on any atom is 0.257 e. The van der Waals surface area contributed by atoms with E-state index in [1.54, 1.807) is 0 Å². The highest BCUT2D eigenvalue weighted by atomic mass is 79.9. The number of piperazine rings is 1. The molecule has 2 rings (SSSR count). The number of ether oxygens (including phenoxy) is 1. The monoisotopic (exact) mass is 379 g/mol. The summed E-state index contributed by atoms with van der Waals surface area (Å²) in [7, 11) is 0. The van der Waals surface area contributed by atoms with Gasteiger partial charge >= 0.3 is 0 Å². The van der Waals surface area contributed by atoms with E-state index in [-0.39, 0.29) is 12.0 Å². The van der Waals surface area contributed by atoms with E-state index in [1.807, 2.05) is 36.9 Å². The summed E-state index contributed by atoms with van der Waals surface area (Å²) in [5.41, 5.74) is 0.596. The van der Waals surface area contributed by atoms with Crippen molar-refractivity contribution in [3.05, 3.63) is 28.2 Å². The molecule has 0 saturated carbocycles. The minimum absolute atomic E-state index is 0.00174. The van der Waals surface area contributed by atoms with Gasteiger partial charge in [0.1, 0.15) is 5.75 Å². The highest BCUT2D eigenvalue weighted by Gasteiger charge is 2.24. The molecule has 0 N–H and O–H groups in total. The second-order valence-electron chi connectivity index (χ2n) is 5.85. The number of hydrogen-bond acceptors (Lipinski definition) is 4. The van der Waals surface area contributed by atoms with Crippen LogP contribution in [0.4, 0.5) is 0 Å².